The highest BCUT2D eigenvalue weighted by Gasteiger charge is 2.51. The molecular formula is C26H42O2. The predicted molar refractivity (Wildman–Crippen MR) is 118 cm³/mol. The van der Waals surface area contributed by atoms with Crippen molar-refractivity contribution < 1.29 is 10.2 Å². The second-order valence-corrected chi connectivity index (χ2v) is 11.0. The summed E-state index contributed by atoms with van der Waals surface area (Å²) in [7, 11) is 0. The van der Waals surface area contributed by atoms with E-state index in [1.807, 2.05) is 0 Å². The number of aliphatic hydroxyl groups is 2. The molecule has 2 N–H and O–H groups in total. The molecule has 0 spiro atoms. The van der Waals surface area contributed by atoms with Gasteiger partial charge < -0.3 is 10.2 Å². The summed E-state index contributed by atoms with van der Waals surface area (Å²) in [5.41, 5.74) is 2.90. The first-order chi connectivity index (χ1) is 13.2. The smallest absolute Gasteiger partial charge is 0.0965 e. The molecule has 3 rings (SSSR count). The first kappa shape index (κ1) is 21.7. The molecule has 3 aliphatic rings. The van der Waals surface area contributed by atoms with Crippen LogP contribution in [-0.2, 0) is 0 Å². The summed E-state index contributed by atoms with van der Waals surface area (Å²) in [4.78, 5) is 0. The Hall–Kier alpha value is -1.02. The number of aliphatic hydroxyl groups excluding tert-OH is 2. The number of hydrogen-bond donors (Lipinski definition) is 2. The van der Waals surface area contributed by atoms with Crippen LogP contribution < -0.4 is 0 Å². The topological polar surface area (TPSA) is 40.5 Å². The van der Waals surface area contributed by atoms with Crippen LogP contribution in [-0.4, -0.2) is 16.8 Å². The van der Waals surface area contributed by atoms with Gasteiger partial charge in [-0.05, 0) is 71.5 Å². The maximum Gasteiger partial charge on any atom is 0.0965 e. The van der Waals surface area contributed by atoms with Gasteiger partial charge in [0.15, 0.2) is 0 Å². The molecule has 0 heterocycles. The zero-order valence-corrected chi connectivity index (χ0v) is 18.8. The van der Waals surface area contributed by atoms with Gasteiger partial charge in [0.25, 0.3) is 0 Å². The molecule has 3 aliphatic carbocycles. The average Bonchev–Trinajstić information content (AvgIpc) is 2.63. The number of hydrogen-bond acceptors (Lipinski definition) is 2. The van der Waals surface area contributed by atoms with Crippen LogP contribution in [0, 0.1) is 34.5 Å². The fourth-order valence-corrected chi connectivity index (χ4v) is 6.30. The quantitative estimate of drug-likeness (QED) is 0.366. The van der Waals surface area contributed by atoms with Crippen LogP contribution in [0.3, 0.4) is 0 Å². The lowest BCUT2D eigenvalue weighted by molar-refractivity contribution is -0.00738. The van der Waals surface area contributed by atoms with Crippen LogP contribution in [0.5, 0.6) is 0 Å². The van der Waals surface area contributed by atoms with Crippen LogP contribution in [0.4, 0.5) is 0 Å². The average molecular weight is 387 g/mol. The van der Waals surface area contributed by atoms with Crippen molar-refractivity contribution in [1.82, 2.24) is 0 Å². The molecule has 0 aromatic heterocycles. The largest absolute Gasteiger partial charge is 0.512 e. The van der Waals surface area contributed by atoms with Crippen LogP contribution >= 0.6 is 0 Å². The highest BCUT2D eigenvalue weighted by Crippen LogP contribution is 2.58. The van der Waals surface area contributed by atoms with Gasteiger partial charge in [0.2, 0.25) is 0 Å². The molecule has 28 heavy (non-hydrogen) atoms. The van der Waals surface area contributed by atoms with Crippen LogP contribution in [0.25, 0.3) is 0 Å². The SMILES string of the molecule is CCCCCCC(C)(C)C1=CC2CC(C)(C)[C@H]3CC=C(CO)C[C@@H]3C2C(O)=C1. The van der Waals surface area contributed by atoms with Gasteiger partial charge in [0.05, 0.1) is 12.4 Å². The third-order valence-corrected chi connectivity index (χ3v) is 8.04. The Bertz CT molecular complexity index is 649. The third kappa shape index (κ3) is 4.27. The summed E-state index contributed by atoms with van der Waals surface area (Å²) in [5, 5.41) is 20.8. The van der Waals surface area contributed by atoms with Crippen molar-refractivity contribution >= 4 is 0 Å². The van der Waals surface area contributed by atoms with Crippen molar-refractivity contribution in [2.24, 2.45) is 34.5 Å². The van der Waals surface area contributed by atoms with E-state index in [2.05, 4.69) is 52.8 Å². The monoisotopic (exact) mass is 386 g/mol. The van der Waals surface area contributed by atoms with Gasteiger partial charge in [-0.15, -0.1) is 0 Å². The first-order valence-electron chi connectivity index (χ1n) is 11.6. The summed E-state index contributed by atoms with van der Waals surface area (Å²) >= 11 is 0. The molecule has 0 amide bonds. The standard InChI is InChI=1S/C26H42O2/c1-6-7-8-9-12-25(2,3)20-14-19-16-26(4,5)22-11-10-18(17-27)13-21(22)24(19)23(28)15-20/h10,14-15,19,21-22,24,27-28H,6-9,11-13,16-17H2,1-5H3/t19?,21-,22-,24?/m0/s1. The molecule has 2 heteroatoms. The molecule has 0 saturated heterocycles. The summed E-state index contributed by atoms with van der Waals surface area (Å²) < 4.78 is 0. The van der Waals surface area contributed by atoms with Crippen molar-refractivity contribution in [1.29, 1.82) is 0 Å². The van der Waals surface area contributed by atoms with Crippen molar-refractivity contribution in [3.8, 4) is 0 Å². The number of allylic oxidation sites excluding steroid dienone is 5. The second kappa shape index (κ2) is 8.38. The van der Waals surface area contributed by atoms with E-state index in [0.29, 0.717) is 23.5 Å². The van der Waals surface area contributed by atoms with E-state index in [1.165, 1.54) is 37.7 Å². The molecule has 1 fully saturated rings. The molecule has 0 aromatic carbocycles. The fraction of sp³-hybridized carbons (Fsp3) is 0.769. The highest BCUT2D eigenvalue weighted by molar-refractivity contribution is 5.35. The minimum Gasteiger partial charge on any atom is -0.512 e. The maximum absolute atomic E-state index is 11.2. The predicted octanol–water partition coefficient (Wildman–Crippen LogP) is 6.97. The first-order valence-corrected chi connectivity index (χ1v) is 11.6. The van der Waals surface area contributed by atoms with Gasteiger partial charge >= 0.3 is 0 Å². The molecule has 2 nitrogen and oxygen atoms in total. The normalized spacial score (nSPS) is 32.0. The molecule has 4 atom stereocenters. The molecule has 158 valence electrons. The molecule has 1 saturated carbocycles. The summed E-state index contributed by atoms with van der Waals surface area (Å²) in [6.07, 6.45) is 16.4. The van der Waals surface area contributed by atoms with E-state index < -0.39 is 0 Å². The van der Waals surface area contributed by atoms with Gasteiger partial charge in [-0.3, -0.25) is 0 Å². The Morgan fingerprint density at radius 2 is 1.93 bits per heavy atom. The Labute approximate surface area is 172 Å². The van der Waals surface area contributed by atoms with Gasteiger partial charge in [0, 0.05) is 5.92 Å². The van der Waals surface area contributed by atoms with E-state index in [-0.39, 0.29) is 23.4 Å². The fourth-order valence-electron chi connectivity index (χ4n) is 6.30. The molecule has 0 radical (unpaired) electrons. The lowest BCUT2D eigenvalue weighted by Crippen LogP contribution is -2.47. The minimum atomic E-state index is 0.121. The van der Waals surface area contributed by atoms with Crippen molar-refractivity contribution in [2.45, 2.75) is 86.0 Å². The summed E-state index contributed by atoms with van der Waals surface area (Å²) in [6.45, 7) is 11.9. The van der Waals surface area contributed by atoms with Gasteiger partial charge in [-0.25, -0.2) is 0 Å². The Morgan fingerprint density at radius 3 is 2.61 bits per heavy atom. The van der Waals surface area contributed by atoms with Crippen LogP contribution in [0.15, 0.2) is 35.1 Å². The zero-order chi connectivity index (χ0) is 20.5. The number of fused-ring (bicyclic) bond motifs is 3. The molecular weight excluding hydrogens is 344 g/mol. The molecule has 2 unspecified atom stereocenters. The van der Waals surface area contributed by atoms with E-state index in [0.717, 1.165) is 24.8 Å². The maximum atomic E-state index is 11.2. The molecule has 0 bridgehead atoms. The van der Waals surface area contributed by atoms with Crippen LogP contribution in [0.1, 0.15) is 86.0 Å². The Morgan fingerprint density at radius 1 is 1.18 bits per heavy atom. The van der Waals surface area contributed by atoms with Gasteiger partial charge in [0.1, 0.15) is 0 Å². The van der Waals surface area contributed by atoms with E-state index >= 15 is 0 Å². The van der Waals surface area contributed by atoms with E-state index in [4.69, 9.17) is 0 Å². The number of rotatable bonds is 7. The van der Waals surface area contributed by atoms with Crippen molar-refractivity contribution in [2.75, 3.05) is 6.61 Å². The van der Waals surface area contributed by atoms with E-state index in [1.54, 1.807) is 0 Å². The second-order valence-electron chi connectivity index (χ2n) is 11.0. The highest BCUT2D eigenvalue weighted by atomic mass is 16.3. The third-order valence-electron chi connectivity index (χ3n) is 8.04. The lowest BCUT2D eigenvalue weighted by Gasteiger charge is -2.54. The minimum absolute atomic E-state index is 0.121. The van der Waals surface area contributed by atoms with Crippen molar-refractivity contribution in [3.63, 3.8) is 0 Å². The Balaban J connectivity index is 1.83. The summed E-state index contributed by atoms with van der Waals surface area (Å²) in [6, 6.07) is 0. The molecule has 0 aliphatic heterocycles. The Kier molecular flexibility index (Phi) is 6.49. The molecule has 0 aromatic rings. The van der Waals surface area contributed by atoms with Crippen LogP contribution in [0.2, 0.25) is 0 Å². The lowest BCUT2D eigenvalue weighted by atomic mass is 9.51. The van der Waals surface area contributed by atoms with Gasteiger partial charge in [-0.2, -0.15) is 0 Å². The number of unbranched alkanes of at least 4 members (excludes halogenated alkanes) is 3. The van der Waals surface area contributed by atoms with E-state index in [9.17, 15) is 10.2 Å². The zero-order valence-electron chi connectivity index (χ0n) is 18.8. The van der Waals surface area contributed by atoms with Crippen molar-refractivity contribution in [3.05, 3.63) is 35.1 Å². The summed E-state index contributed by atoms with van der Waals surface area (Å²) in [5.74, 6) is 2.30. The van der Waals surface area contributed by atoms with Gasteiger partial charge in [-0.1, -0.05) is 72.5 Å².